The van der Waals surface area contributed by atoms with Crippen molar-refractivity contribution < 1.29 is 23.9 Å². The predicted molar refractivity (Wildman–Crippen MR) is 111 cm³/mol. The molecule has 0 radical (unpaired) electrons. The van der Waals surface area contributed by atoms with Crippen LogP contribution in [0.1, 0.15) is 66.7 Å². The molecule has 7 nitrogen and oxygen atoms in total. The van der Waals surface area contributed by atoms with Crippen LogP contribution in [-0.2, 0) is 14.3 Å². The molecule has 2 aliphatic rings. The van der Waals surface area contributed by atoms with E-state index in [1.807, 2.05) is 13.8 Å². The first-order valence-electron chi connectivity index (χ1n) is 10.7. The van der Waals surface area contributed by atoms with Gasteiger partial charge in [0.25, 0.3) is 11.8 Å². The number of rotatable bonds is 7. The van der Waals surface area contributed by atoms with Crippen molar-refractivity contribution >= 4 is 23.7 Å². The maximum Gasteiger partial charge on any atom is 0.309 e. The Bertz CT molecular complexity index is 800. The summed E-state index contributed by atoms with van der Waals surface area (Å²) in [6, 6.07) is 5.77. The molecule has 1 saturated carbocycles. The summed E-state index contributed by atoms with van der Waals surface area (Å²) in [7, 11) is 1.38. The Morgan fingerprint density at radius 1 is 1.10 bits per heavy atom. The summed E-state index contributed by atoms with van der Waals surface area (Å²) in [6.45, 7) is 4.23. The van der Waals surface area contributed by atoms with Gasteiger partial charge in [-0.1, -0.05) is 38.8 Å². The molecule has 1 N–H and O–H groups in total. The summed E-state index contributed by atoms with van der Waals surface area (Å²) in [5, 5.41) is 2.92. The summed E-state index contributed by atoms with van der Waals surface area (Å²) in [5.74, 6) is -1.57. The number of esters is 1. The molecule has 3 atom stereocenters. The molecule has 1 aromatic rings. The molecule has 0 saturated heterocycles. The number of nitrogens with zero attached hydrogens (tertiary/aromatic N) is 1. The maximum absolute atomic E-state index is 13.1. The van der Waals surface area contributed by atoms with Gasteiger partial charge in [0.15, 0.2) is 0 Å². The van der Waals surface area contributed by atoms with Crippen molar-refractivity contribution in [2.45, 2.75) is 52.0 Å². The van der Waals surface area contributed by atoms with Gasteiger partial charge in [-0.2, -0.15) is 0 Å². The number of carbonyl (C=O) groups is 4. The molecule has 0 spiro atoms. The molecule has 3 amide bonds. The number of hydrogen-bond acceptors (Lipinski definition) is 5. The van der Waals surface area contributed by atoms with Crippen LogP contribution in [0.3, 0.4) is 0 Å². The SMILES string of the molecule is COC(=O)C1CCCCC1CNC(=O)C(CC(C)C)N1C(=O)c2ccccc2C1=O. The molecule has 1 fully saturated rings. The van der Waals surface area contributed by atoms with Crippen molar-refractivity contribution in [2.75, 3.05) is 13.7 Å². The summed E-state index contributed by atoms with van der Waals surface area (Å²) in [6.07, 6.45) is 3.93. The third-order valence-corrected chi connectivity index (χ3v) is 6.09. The highest BCUT2D eigenvalue weighted by Crippen LogP contribution is 2.31. The molecule has 1 aromatic carbocycles. The number of fused-ring (bicyclic) bond motifs is 1. The van der Waals surface area contributed by atoms with Crippen molar-refractivity contribution in [3.05, 3.63) is 35.4 Å². The van der Waals surface area contributed by atoms with Gasteiger partial charge < -0.3 is 10.1 Å². The van der Waals surface area contributed by atoms with Crippen molar-refractivity contribution in [3.63, 3.8) is 0 Å². The minimum Gasteiger partial charge on any atom is -0.469 e. The monoisotopic (exact) mass is 414 g/mol. The topological polar surface area (TPSA) is 92.8 Å². The van der Waals surface area contributed by atoms with Gasteiger partial charge in [0.2, 0.25) is 5.91 Å². The molecule has 162 valence electrons. The highest BCUT2D eigenvalue weighted by atomic mass is 16.5. The lowest BCUT2D eigenvalue weighted by Gasteiger charge is -2.31. The first-order valence-corrected chi connectivity index (χ1v) is 10.7. The van der Waals surface area contributed by atoms with E-state index < -0.39 is 17.9 Å². The number of benzene rings is 1. The van der Waals surface area contributed by atoms with Crippen molar-refractivity contribution in [3.8, 4) is 0 Å². The van der Waals surface area contributed by atoms with E-state index >= 15 is 0 Å². The highest BCUT2D eigenvalue weighted by molar-refractivity contribution is 6.22. The smallest absolute Gasteiger partial charge is 0.309 e. The minimum atomic E-state index is -0.877. The third-order valence-electron chi connectivity index (χ3n) is 6.09. The summed E-state index contributed by atoms with van der Waals surface area (Å²) in [5.41, 5.74) is 0.671. The van der Waals surface area contributed by atoms with E-state index in [2.05, 4.69) is 5.32 Å². The molecule has 3 unspecified atom stereocenters. The number of methoxy groups -OCH3 is 1. The lowest BCUT2D eigenvalue weighted by Crippen LogP contribution is -2.51. The Labute approximate surface area is 177 Å². The Balaban J connectivity index is 1.74. The van der Waals surface area contributed by atoms with Gasteiger partial charge in [0, 0.05) is 6.54 Å². The maximum atomic E-state index is 13.1. The Morgan fingerprint density at radius 3 is 2.27 bits per heavy atom. The van der Waals surface area contributed by atoms with Gasteiger partial charge in [-0.05, 0) is 43.2 Å². The van der Waals surface area contributed by atoms with Crippen LogP contribution in [0, 0.1) is 17.8 Å². The van der Waals surface area contributed by atoms with Crippen LogP contribution in [0.2, 0.25) is 0 Å². The number of hydrogen-bond donors (Lipinski definition) is 1. The zero-order valence-corrected chi connectivity index (χ0v) is 17.8. The number of nitrogens with one attached hydrogen (secondary N) is 1. The van der Waals surface area contributed by atoms with Gasteiger partial charge in [-0.25, -0.2) is 0 Å². The average Bonchev–Trinajstić information content (AvgIpc) is 3.00. The van der Waals surface area contributed by atoms with Crippen LogP contribution in [-0.4, -0.2) is 48.3 Å². The van der Waals surface area contributed by atoms with Gasteiger partial charge in [0.1, 0.15) is 6.04 Å². The van der Waals surface area contributed by atoms with Gasteiger partial charge in [-0.3, -0.25) is 24.1 Å². The van der Waals surface area contributed by atoms with Crippen LogP contribution in [0.5, 0.6) is 0 Å². The van der Waals surface area contributed by atoms with E-state index in [1.54, 1.807) is 24.3 Å². The Morgan fingerprint density at radius 2 is 1.70 bits per heavy atom. The van der Waals surface area contributed by atoms with Crippen LogP contribution in [0.15, 0.2) is 24.3 Å². The number of ether oxygens (including phenoxy) is 1. The van der Waals surface area contributed by atoms with Crippen LogP contribution in [0.25, 0.3) is 0 Å². The molecule has 1 aliphatic carbocycles. The normalized spacial score (nSPS) is 22.1. The number of imide groups is 1. The van der Waals surface area contributed by atoms with Crippen molar-refractivity contribution in [2.24, 2.45) is 17.8 Å². The summed E-state index contributed by atoms with van der Waals surface area (Å²) >= 11 is 0. The van der Waals surface area contributed by atoms with Crippen LogP contribution in [0.4, 0.5) is 0 Å². The van der Waals surface area contributed by atoms with E-state index in [0.29, 0.717) is 24.1 Å². The van der Waals surface area contributed by atoms with E-state index in [-0.39, 0.29) is 29.6 Å². The molecular formula is C23H30N2O5. The van der Waals surface area contributed by atoms with Gasteiger partial charge >= 0.3 is 5.97 Å². The molecule has 0 aromatic heterocycles. The fourth-order valence-electron chi connectivity index (χ4n) is 4.53. The molecule has 3 rings (SSSR count). The lowest BCUT2D eigenvalue weighted by atomic mass is 9.79. The average molecular weight is 415 g/mol. The second kappa shape index (κ2) is 9.41. The first kappa shape index (κ1) is 22.0. The first-order chi connectivity index (χ1) is 14.3. The number of amides is 3. The van der Waals surface area contributed by atoms with Gasteiger partial charge in [-0.15, -0.1) is 0 Å². The fourth-order valence-corrected chi connectivity index (χ4v) is 4.53. The quantitative estimate of drug-likeness (QED) is 0.547. The molecule has 0 bridgehead atoms. The Hall–Kier alpha value is -2.70. The van der Waals surface area contributed by atoms with E-state index in [0.717, 1.165) is 30.6 Å². The van der Waals surface area contributed by atoms with E-state index in [9.17, 15) is 19.2 Å². The molecule has 1 heterocycles. The largest absolute Gasteiger partial charge is 0.469 e. The molecular weight excluding hydrogens is 384 g/mol. The van der Waals surface area contributed by atoms with Crippen LogP contribution >= 0.6 is 0 Å². The highest BCUT2D eigenvalue weighted by Gasteiger charge is 2.43. The summed E-state index contributed by atoms with van der Waals surface area (Å²) < 4.78 is 4.92. The van der Waals surface area contributed by atoms with Crippen molar-refractivity contribution in [1.82, 2.24) is 10.2 Å². The van der Waals surface area contributed by atoms with E-state index in [1.165, 1.54) is 7.11 Å². The Kier molecular flexibility index (Phi) is 6.90. The van der Waals surface area contributed by atoms with E-state index in [4.69, 9.17) is 4.74 Å². The zero-order valence-electron chi connectivity index (χ0n) is 17.8. The van der Waals surface area contributed by atoms with Crippen molar-refractivity contribution in [1.29, 1.82) is 0 Å². The molecule has 7 heteroatoms. The summed E-state index contributed by atoms with van der Waals surface area (Å²) in [4.78, 5) is 52.1. The van der Waals surface area contributed by atoms with Crippen LogP contribution < -0.4 is 5.32 Å². The number of carbonyl (C=O) groups excluding carboxylic acids is 4. The minimum absolute atomic E-state index is 0.00275. The second-order valence-electron chi connectivity index (χ2n) is 8.59. The molecule has 30 heavy (non-hydrogen) atoms. The lowest BCUT2D eigenvalue weighted by molar-refractivity contribution is -0.148. The molecule has 1 aliphatic heterocycles. The standard InChI is InChI=1S/C23H30N2O5/c1-14(2)12-19(25-21(27)17-10-6-7-11-18(17)22(25)28)20(26)24-13-15-8-4-5-9-16(15)23(29)30-3/h6-7,10-11,14-16,19H,4-5,8-9,12-13H2,1-3H3,(H,24,26). The predicted octanol–water partition coefficient (Wildman–Crippen LogP) is 2.79. The third kappa shape index (κ3) is 4.40. The second-order valence-corrected chi connectivity index (χ2v) is 8.59. The fraction of sp³-hybridized carbons (Fsp3) is 0.565. The van der Waals surface area contributed by atoms with Gasteiger partial charge in [0.05, 0.1) is 24.2 Å². The zero-order chi connectivity index (χ0) is 21.8.